The molecule has 3 heteroatoms. The highest BCUT2D eigenvalue weighted by Crippen LogP contribution is 2.13. The Morgan fingerprint density at radius 1 is 1.18 bits per heavy atom. The number of nitrogens with zero attached hydrogens (tertiary/aromatic N) is 1. The number of carbonyl (C=O) groups excluding carboxylic acids is 1. The molecule has 0 unspecified atom stereocenters. The fourth-order valence-electron chi connectivity index (χ4n) is 2.26. The lowest BCUT2D eigenvalue weighted by molar-refractivity contribution is 0.0976. The SMILES string of the molecule is O=C(CCCN1CCCC1)c1ccc(O)cc1. The minimum Gasteiger partial charge on any atom is -0.508 e. The van der Waals surface area contributed by atoms with Gasteiger partial charge in [-0.05, 0) is 63.2 Å². The van der Waals surface area contributed by atoms with Gasteiger partial charge in [0, 0.05) is 12.0 Å². The van der Waals surface area contributed by atoms with E-state index in [0.717, 1.165) is 13.0 Å². The zero-order valence-electron chi connectivity index (χ0n) is 10.1. The summed E-state index contributed by atoms with van der Waals surface area (Å²) < 4.78 is 0. The van der Waals surface area contributed by atoms with Gasteiger partial charge in [-0.25, -0.2) is 0 Å². The number of rotatable bonds is 5. The first-order chi connectivity index (χ1) is 8.25. The molecule has 1 fully saturated rings. The molecule has 0 aromatic heterocycles. The third kappa shape index (κ3) is 3.56. The van der Waals surface area contributed by atoms with Crippen LogP contribution in [0.2, 0.25) is 0 Å². The molecule has 0 saturated carbocycles. The van der Waals surface area contributed by atoms with Gasteiger partial charge in [0.05, 0.1) is 0 Å². The lowest BCUT2D eigenvalue weighted by atomic mass is 10.1. The van der Waals surface area contributed by atoms with Gasteiger partial charge in [0.2, 0.25) is 0 Å². The van der Waals surface area contributed by atoms with Gasteiger partial charge in [-0.3, -0.25) is 4.79 Å². The summed E-state index contributed by atoms with van der Waals surface area (Å²) in [5, 5.41) is 9.14. The van der Waals surface area contributed by atoms with Crippen molar-refractivity contribution in [2.24, 2.45) is 0 Å². The quantitative estimate of drug-likeness (QED) is 0.794. The normalized spacial score (nSPS) is 16.2. The molecule has 1 aliphatic heterocycles. The van der Waals surface area contributed by atoms with Crippen molar-refractivity contribution >= 4 is 5.78 Å². The molecule has 92 valence electrons. The molecule has 0 spiro atoms. The molecule has 0 aliphatic carbocycles. The van der Waals surface area contributed by atoms with E-state index in [1.54, 1.807) is 24.3 Å². The molecule has 1 aromatic rings. The summed E-state index contributed by atoms with van der Waals surface area (Å²) in [4.78, 5) is 14.3. The first-order valence-electron chi connectivity index (χ1n) is 6.30. The molecule has 0 radical (unpaired) electrons. The van der Waals surface area contributed by atoms with Crippen LogP contribution >= 0.6 is 0 Å². The van der Waals surface area contributed by atoms with E-state index in [9.17, 15) is 4.79 Å². The van der Waals surface area contributed by atoms with Crippen molar-refractivity contribution in [1.82, 2.24) is 4.90 Å². The molecular formula is C14H19NO2. The van der Waals surface area contributed by atoms with Crippen LogP contribution in [0, 0.1) is 0 Å². The van der Waals surface area contributed by atoms with Crippen molar-refractivity contribution < 1.29 is 9.90 Å². The molecule has 0 bridgehead atoms. The largest absolute Gasteiger partial charge is 0.508 e. The van der Waals surface area contributed by atoms with Gasteiger partial charge < -0.3 is 10.0 Å². The average Bonchev–Trinajstić information content (AvgIpc) is 2.83. The lowest BCUT2D eigenvalue weighted by Crippen LogP contribution is -2.21. The van der Waals surface area contributed by atoms with Crippen molar-refractivity contribution in [2.75, 3.05) is 19.6 Å². The maximum Gasteiger partial charge on any atom is 0.162 e. The average molecular weight is 233 g/mol. The number of aromatic hydroxyl groups is 1. The van der Waals surface area contributed by atoms with Crippen LogP contribution in [-0.2, 0) is 0 Å². The van der Waals surface area contributed by atoms with Gasteiger partial charge in [-0.2, -0.15) is 0 Å². The van der Waals surface area contributed by atoms with Gasteiger partial charge >= 0.3 is 0 Å². The number of Topliss-reactive ketones (excluding diaryl/α,β-unsaturated/α-hetero) is 1. The number of benzene rings is 1. The van der Waals surface area contributed by atoms with Crippen LogP contribution in [0.5, 0.6) is 5.75 Å². The smallest absolute Gasteiger partial charge is 0.162 e. The fraction of sp³-hybridized carbons (Fsp3) is 0.500. The number of hydrogen-bond donors (Lipinski definition) is 1. The van der Waals surface area contributed by atoms with Crippen molar-refractivity contribution in [3.05, 3.63) is 29.8 Å². The van der Waals surface area contributed by atoms with Gasteiger partial charge in [0.1, 0.15) is 5.75 Å². The summed E-state index contributed by atoms with van der Waals surface area (Å²) in [6.45, 7) is 3.41. The third-order valence-electron chi connectivity index (χ3n) is 3.27. The van der Waals surface area contributed by atoms with Crippen LogP contribution in [0.1, 0.15) is 36.0 Å². The Labute approximate surface area is 102 Å². The summed E-state index contributed by atoms with van der Waals surface area (Å²) in [6, 6.07) is 6.50. The lowest BCUT2D eigenvalue weighted by Gasteiger charge is -2.13. The second kappa shape index (κ2) is 5.82. The zero-order chi connectivity index (χ0) is 12.1. The van der Waals surface area contributed by atoms with Crippen molar-refractivity contribution in [3.8, 4) is 5.75 Å². The van der Waals surface area contributed by atoms with Crippen LogP contribution in [0.25, 0.3) is 0 Å². The monoisotopic (exact) mass is 233 g/mol. The van der Waals surface area contributed by atoms with Gasteiger partial charge in [0.15, 0.2) is 5.78 Å². The fourth-order valence-corrected chi connectivity index (χ4v) is 2.26. The summed E-state index contributed by atoms with van der Waals surface area (Å²) in [6.07, 6.45) is 4.12. The Morgan fingerprint density at radius 3 is 2.47 bits per heavy atom. The maximum atomic E-state index is 11.8. The van der Waals surface area contributed by atoms with Crippen molar-refractivity contribution in [2.45, 2.75) is 25.7 Å². The molecule has 2 rings (SSSR count). The molecule has 1 aliphatic rings. The molecule has 0 atom stereocenters. The highest BCUT2D eigenvalue weighted by atomic mass is 16.3. The van der Waals surface area contributed by atoms with Crippen LogP contribution in [-0.4, -0.2) is 35.4 Å². The summed E-state index contributed by atoms with van der Waals surface area (Å²) in [5.41, 5.74) is 0.698. The molecule has 3 nitrogen and oxygen atoms in total. The molecule has 1 aromatic carbocycles. The Bertz CT molecular complexity index is 366. The first-order valence-corrected chi connectivity index (χ1v) is 6.30. The van der Waals surface area contributed by atoms with Gasteiger partial charge in [-0.15, -0.1) is 0 Å². The highest BCUT2D eigenvalue weighted by Gasteiger charge is 2.12. The zero-order valence-corrected chi connectivity index (χ0v) is 10.1. The maximum absolute atomic E-state index is 11.8. The van der Waals surface area contributed by atoms with E-state index in [0.29, 0.717) is 12.0 Å². The number of carbonyl (C=O) groups is 1. The van der Waals surface area contributed by atoms with E-state index >= 15 is 0 Å². The second-order valence-electron chi connectivity index (χ2n) is 4.62. The molecular weight excluding hydrogens is 214 g/mol. The van der Waals surface area contributed by atoms with E-state index in [1.807, 2.05) is 0 Å². The highest BCUT2D eigenvalue weighted by molar-refractivity contribution is 5.96. The van der Waals surface area contributed by atoms with Crippen LogP contribution < -0.4 is 0 Å². The van der Waals surface area contributed by atoms with Gasteiger partial charge in [-0.1, -0.05) is 0 Å². The molecule has 0 amide bonds. The molecule has 1 heterocycles. The van der Waals surface area contributed by atoms with Crippen LogP contribution in [0.15, 0.2) is 24.3 Å². The van der Waals surface area contributed by atoms with Crippen molar-refractivity contribution in [1.29, 1.82) is 0 Å². The minimum atomic E-state index is 0.171. The standard InChI is InChI=1S/C14H19NO2/c16-13-7-5-12(6-8-13)14(17)4-3-11-15-9-1-2-10-15/h5-8,16H,1-4,9-11H2. The Kier molecular flexibility index (Phi) is 4.15. The second-order valence-corrected chi connectivity index (χ2v) is 4.62. The molecule has 17 heavy (non-hydrogen) atoms. The van der Waals surface area contributed by atoms with Gasteiger partial charge in [0.25, 0.3) is 0 Å². The summed E-state index contributed by atoms with van der Waals surface area (Å²) in [5.74, 6) is 0.378. The minimum absolute atomic E-state index is 0.171. The summed E-state index contributed by atoms with van der Waals surface area (Å²) >= 11 is 0. The molecule has 1 N–H and O–H groups in total. The predicted molar refractivity (Wildman–Crippen MR) is 67.3 cm³/mol. The number of phenolic OH excluding ortho intramolecular Hbond substituents is 1. The number of likely N-dealkylation sites (tertiary alicyclic amines) is 1. The van der Waals surface area contributed by atoms with E-state index < -0.39 is 0 Å². The first kappa shape index (κ1) is 12.1. The Hall–Kier alpha value is -1.35. The van der Waals surface area contributed by atoms with E-state index in [-0.39, 0.29) is 11.5 Å². The van der Waals surface area contributed by atoms with Crippen molar-refractivity contribution in [3.63, 3.8) is 0 Å². The van der Waals surface area contributed by atoms with Crippen LogP contribution in [0.3, 0.4) is 0 Å². The van der Waals surface area contributed by atoms with Crippen LogP contribution in [0.4, 0.5) is 0 Å². The topological polar surface area (TPSA) is 40.5 Å². The van der Waals surface area contributed by atoms with E-state index in [4.69, 9.17) is 5.11 Å². The Morgan fingerprint density at radius 2 is 1.82 bits per heavy atom. The summed E-state index contributed by atoms with van der Waals surface area (Å²) in [7, 11) is 0. The number of phenols is 1. The predicted octanol–water partition coefficient (Wildman–Crippen LogP) is 2.45. The van der Waals surface area contributed by atoms with E-state index in [2.05, 4.69) is 4.90 Å². The molecule has 1 saturated heterocycles. The number of hydrogen-bond acceptors (Lipinski definition) is 3. The van der Waals surface area contributed by atoms with E-state index in [1.165, 1.54) is 25.9 Å². The third-order valence-corrected chi connectivity index (χ3v) is 3.27. The number of ketones is 1. The Balaban J connectivity index is 1.75.